The molecule has 0 bridgehead atoms. The van der Waals surface area contributed by atoms with Gasteiger partial charge in [0, 0.05) is 29.9 Å². The zero-order valence-electron chi connectivity index (χ0n) is 15.7. The number of carbonyl (C=O) groups is 2. The number of amides is 2. The minimum Gasteiger partial charge on any atom is -0.351 e. The van der Waals surface area contributed by atoms with Crippen LogP contribution < -0.4 is 10.6 Å². The van der Waals surface area contributed by atoms with E-state index in [4.69, 9.17) is 0 Å². The standard InChI is InChI=1S/C21H27N3O2/c1-4-24(5-2)15-14-22-20(25)17-10-12-18(13-11-17)23-21(26)19-9-7-6-8-16(19)3/h6-13H,4-5,14-15H2,1-3H3,(H,22,25)(H,23,26). The lowest BCUT2D eigenvalue weighted by molar-refractivity contribution is 0.0948. The summed E-state index contributed by atoms with van der Waals surface area (Å²) in [5.41, 5.74) is 2.82. The van der Waals surface area contributed by atoms with Gasteiger partial charge in [0.15, 0.2) is 0 Å². The van der Waals surface area contributed by atoms with Crippen molar-refractivity contribution in [2.24, 2.45) is 0 Å². The first-order valence-electron chi connectivity index (χ1n) is 9.02. The zero-order chi connectivity index (χ0) is 18.9. The molecule has 0 aliphatic carbocycles. The second-order valence-corrected chi connectivity index (χ2v) is 6.13. The van der Waals surface area contributed by atoms with Crippen LogP contribution in [0.15, 0.2) is 48.5 Å². The largest absolute Gasteiger partial charge is 0.351 e. The third kappa shape index (κ3) is 5.43. The predicted octanol–water partition coefficient (Wildman–Crippen LogP) is 3.32. The average molecular weight is 353 g/mol. The molecule has 26 heavy (non-hydrogen) atoms. The van der Waals surface area contributed by atoms with Crippen LogP contribution in [0.25, 0.3) is 0 Å². The van der Waals surface area contributed by atoms with Gasteiger partial charge in [0.2, 0.25) is 0 Å². The van der Waals surface area contributed by atoms with Crippen molar-refractivity contribution >= 4 is 17.5 Å². The number of hydrogen-bond acceptors (Lipinski definition) is 3. The van der Waals surface area contributed by atoms with Crippen LogP contribution in [-0.4, -0.2) is 42.9 Å². The molecule has 0 aliphatic heterocycles. The Morgan fingerprint density at radius 1 is 0.923 bits per heavy atom. The molecule has 0 heterocycles. The first kappa shape index (κ1) is 19.7. The molecule has 0 unspecified atom stereocenters. The third-order valence-corrected chi connectivity index (χ3v) is 4.40. The Balaban J connectivity index is 1.90. The third-order valence-electron chi connectivity index (χ3n) is 4.40. The number of benzene rings is 2. The summed E-state index contributed by atoms with van der Waals surface area (Å²) < 4.78 is 0. The highest BCUT2D eigenvalue weighted by molar-refractivity contribution is 6.05. The molecular weight excluding hydrogens is 326 g/mol. The fourth-order valence-corrected chi connectivity index (χ4v) is 2.70. The number of aryl methyl sites for hydroxylation is 1. The molecule has 0 radical (unpaired) electrons. The van der Waals surface area contributed by atoms with Crippen LogP contribution in [0, 0.1) is 6.92 Å². The molecule has 2 N–H and O–H groups in total. The van der Waals surface area contributed by atoms with E-state index in [0.717, 1.165) is 25.2 Å². The van der Waals surface area contributed by atoms with E-state index in [1.165, 1.54) is 0 Å². The second-order valence-electron chi connectivity index (χ2n) is 6.13. The maximum atomic E-state index is 12.3. The van der Waals surface area contributed by atoms with Gasteiger partial charge >= 0.3 is 0 Å². The number of nitrogens with zero attached hydrogens (tertiary/aromatic N) is 1. The Labute approximate surface area is 155 Å². The normalized spacial score (nSPS) is 10.6. The van der Waals surface area contributed by atoms with Gasteiger partial charge in [-0.2, -0.15) is 0 Å². The second kappa shape index (κ2) is 9.73. The topological polar surface area (TPSA) is 61.4 Å². The van der Waals surface area contributed by atoms with Gasteiger partial charge in [-0.3, -0.25) is 9.59 Å². The SMILES string of the molecule is CCN(CC)CCNC(=O)c1ccc(NC(=O)c2ccccc2C)cc1. The van der Waals surface area contributed by atoms with Crippen molar-refractivity contribution in [1.82, 2.24) is 10.2 Å². The average Bonchev–Trinajstić information content (AvgIpc) is 2.66. The first-order valence-corrected chi connectivity index (χ1v) is 9.02. The van der Waals surface area contributed by atoms with Gasteiger partial charge in [-0.1, -0.05) is 32.0 Å². The summed E-state index contributed by atoms with van der Waals surface area (Å²) in [5.74, 6) is -0.256. The van der Waals surface area contributed by atoms with Crippen LogP contribution in [0.3, 0.4) is 0 Å². The summed E-state index contributed by atoms with van der Waals surface area (Å²) in [6.45, 7) is 9.52. The van der Waals surface area contributed by atoms with E-state index >= 15 is 0 Å². The number of hydrogen-bond donors (Lipinski definition) is 2. The van der Waals surface area contributed by atoms with Crippen LogP contribution in [0.5, 0.6) is 0 Å². The molecule has 0 aliphatic rings. The molecule has 0 atom stereocenters. The van der Waals surface area contributed by atoms with Gasteiger partial charge in [-0.15, -0.1) is 0 Å². The van der Waals surface area contributed by atoms with Gasteiger partial charge < -0.3 is 15.5 Å². The number of nitrogens with one attached hydrogen (secondary N) is 2. The van der Waals surface area contributed by atoms with Crippen molar-refractivity contribution in [1.29, 1.82) is 0 Å². The van der Waals surface area contributed by atoms with Crippen molar-refractivity contribution in [3.05, 3.63) is 65.2 Å². The Bertz CT molecular complexity index is 737. The summed E-state index contributed by atoms with van der Waals surface area (Å²) in [7, 11) is 0. The molecule has 5 heteroatoms. The lowest BCUT2D eigenvalue weighted by Crippen LogP contribution is -2.34. The van der Waals surface area contributed by atoms with Crippen LogP contribution in [0.4, 0.5) is 5.69 Å². The highest BCUT2D eigenvalue weighted by atomic mass is 16.2. The van der Waals surface area contributed by atoms with E-state index in [9.17, 15) is 9.59 Å². The Morgan fingerprint density at radius 2 is 1.58 bits per heavy atom. The highest BCUT2D eigenvalue weighted by Gasteiger charge is 2.10. The Hall–Kier alpha value is -2.66. The Morgan fingerprint density at radius 3 is 2.19 bits per heavy atom. The molecule has 2 amide bonds. The van der Waals surface area contributed by atoms with Crippen molar-refractivity contribution in [2.75, 3.05) is 31.5 Å². The fraction of sp³-hybridized carbons (Fsp3) is 0.333. The van der Waals surface area contributed by atoms with Gasteiger partial charge in [0.25, 0.3) is 11.8 Å². The summed E-state index contributed by atoms with van der Waals surface area (Å²) in [6, 6.07) is 14.4. The van der Waals surface area contributed by atoms with Crippen LogP contribution in [-0.2, 0) is 0 Å². The number of carbonyl (C=O) groups excluding carboxylic acids is 2. The minimum atomic E-state index is -0.153. The molecular formula is C21H27N3O2. The quantitative estimate of drug-likeness (QED) is 0.765. The van der Waals surface area contributed by atoms with Crippen molar-refractivity contribution < 1.29 is 9.59 Å². The van der Waals surface area contributed by atoms with Crippen molar-refractivity contribution in [2.45, 2.75) is 20.8 Å². The van der Waals surface area contributed by atoms with E-state index in [1.54, 1.807) is 30.3 Å². The summed E-state index contributed by atoms with van der Waals surface area (Å²) in [4.78, 5) is 26.8. The van der Waals surface area contributed by atoms with Crippen molar-refractivity contribution in [3.8, 4) is 0 Å². The summed E-state index contributed by atoms with van der Waals surface area (Å²) in [5, 5.41) is 5.78. The molecule has 0 saturated heterocycles. The molecule has 2 rings (SSSR count). The van der Waals surface area contributed by atoms with Crippen LogP contribution in [0.2, 0.25) is 0 Å². The number of anilines is 1. The van der Waals surface area contributed by atoms with Gasteiger partial charge in [-0.25, -0.2) is 0 Å². The molecule has 5 nitrogen and oxygen atoms in total. The zero-order valence-corrected chi connectivity index (χ0v) is 15.7. The summed E-state index contributed by atoms with van der Waals surface area (Å²) in [6.07, 6.45) is 0. The van der Waals surface area contributed by atoms with E-state index < -0.39 is 0 Å². The maximum Gasteiger partial charge on any atom is 0.255 e. The van der Waals surface area contributed by atoms with Crippen LogP contribution in [0.1, 0.15) is 40.1 Å². The fourth-order valence-electron chi connectivity index (χ4n) is 2.70. The molecule has 0 saturated carbocycles. The summed E-state index contributed by atoms with van der Waals surface area (Å²) >= 11 is 0. The van der Waals surface area contributed by atoms with E-state index in [0.29, 0.717) is 23.4 Å². The maximum absolute atomic E-state index is 12.3. The van der Waals surface area contributed by atoms with E-state index in [2.05, 4.69) is 29.4 Å². The molecule has 138 valence electrons. The van der Waals surface area contributed by atoms with E-state index in [-0.39, 0.29) is 11.8 Å². The van der Waals surface area contributed by atoms with Gasteiger partial charge in [-0.05, 0) is 55.9 Å². The molecule has 2 aromatic carbocycles. The minimum absolute atomic E-state index is 0.103. The molecule has 0 fully saturated rings. The monoisotopic (exact) mass is 353 g/mol. The Kier molecular flexibility index (Phi) is 7.36. The smallest absolute Gasteiger partial charge is 0.255 e. The number of rotatable bonds is 8. The lowest BCUT2D eigenvalue weighted by atomic mass is 10.1. The van der Waals surface area contributed by atoms with Crippen molar-refractivity contribution in [3.63, 3.8) is 0 Å². The van der Waals surface area contributed by atoms with Crippen LogP contribution >= 0.6 is 0 Å². The molecule has 2 aromatic rings. The predicted molar refractivity (Wildman–Crippen MR) is 106 cm³/mol. The first-order chi connectivity index (χ1) is 12.5. The number of likely N-dealkylation sites (N-methyl/N-ethyl adjacent to an activating group) is 1. The van der Waals surface area contributed by atoms with Gasteiger partial charge in [0.05, 0.1) is 0 Å². The highest BCUT2D eigenvalue weighted by Crippen LogP contribution is 2.13. The molecule has 0 spiro atoms. The van der Waals surface area contributed by atoms with E-state index in [1.807, 2.05) is 25.1 Å². The lowest BCUT2D eigenvalue weighted by Gasteiger charge is -2.18. The molecule has 0 aromatic heterocycles. The van der Waals surface area contributed by atoms with Gasteiger partial charge in [0.1, 0.15) is 0 Å².